The van der Waals surface area contributed by atoms with E-state index in [0.29, 0.717) is 0 Å². The summed E-state index contributed by atoms with van der Waals surface area (Å²) in [5.74, 6) is -7.61. The maximum Gasteiger partial charge on any atom is 0.461 e. The minimum Gasteiger partial charge on any atom is -0.386 e. The highest BCUT2D eigenvalue weighted by Gasteiger charge is 2.62. The summed E-state index contributed by atoms with van der Waals surface area (Å²) >= 11 is 0. The molecule has 0 unspecified atom stereocenters. The molecule has 0 fully saturated rings. The Labute approximate surface area is 89.5 Å². The van der Waals surface area contributed by atoms with E-state index in [1.807, 2.05) is 0 Å². The van der Waals surface area contributed by atoms with Crippen molar-refractivity contribution < 1.29 is 26.7 Å². The van der Waals surface area contributed by atoms with E-state index in [1.165, 1.54) is 6.92 Å². The standard InChI is InChI=1S/C9H12F5NO/c1-5(2)15-6(3)4-7(16)8(10,11)9(12,13)14/h4-5,15H,1-3H3/b6-4+. The Morgan fingerprint density at radius 2 is 1.62 bits per heavy atom. The van der Waals surface area contributed by atoms with Gasteiger partial charge in [-0.3, -0.25) is 4.79 Å². The van der Waals surface area contributed by atoms with E-state index >= 15 is 0 Å². The first-order valence-corrected chi connectivity index (χ1v) is 4.42. The van der Waals surface area contributed by atoms with Crippen molar-refractivity contribution in [1.29, 1.82) is 0 Å². The highest BCUT2D eigenvalue weighted by Crippen LogP contribution is 2.36. The number of halogens is 5. The molecule has 0 saturated carbocycles. The van der Waals surface area contributed by atoms with E-state index in [4.69, 9.17) is 0 Å². The summed E-state index contributed by atoms with van der Waals surface area (Å²) in [6.07, 6.45) is -5.60. The van der Waals surface area contributed by atoms with Crippen LogP contribution in [0, 0.1) is 0 Å². The predicted octanol–water partition coefficient (Wildman–Crippen LogP) is 2.65. The van der Waals surface area contributed by atoms with E-state index in [0.717, 1.165) is 0 Å². The molecule has 0 heterocycles. The van der Waals surface area contributed by atoms with E-state index < -0.39 is 17.9 Å². The number of alkyl halides is 5. The van der Waals surface area contributed by atoms with Crippen LogP contribution < -0.4 is 5.32 Å². The number of hydrogen-bond acceptors (Lipinski definition) is 2. The normalized spacial score (nSPS) is 14.2. The van der Waals surface area contributed by atoms with Crippen molar-refractivity contribution in [2.24, 2.45) is 0 Å². The average Bonchev–Trinajstić information content (AvgIpc) is 1.99. The van der Waals surface area contributed by atoms with Crippen LogP contribution in [-0.2, 0) is 4.79 Å². The predicted molar refractivity (Wildman–Crippen MR) is 48.0 cm³/mol. The molecular formula is C9H12F5NO. The van der Waals surface area contributed by atoms with Crippen molar-refractivity contribution in [3.63, 3.8) is 0 Å². The van der Waals surface area contributed by atoms with Gasteiger partial charge in [0.2, 0.25) is 5.78 Å². The Hall–Kier alpha value is -1.14. The molecule has 0 rings (SSSR count). The maximum absolute atomic E-state index is 12.5. The topological polar surface area (TPSA) is 29.1 Å². The third-order valence-electron chi connectivity index (χ3n) is 1.53. The molecule has 0 bridgehead atoms. The summed E-state index contributed by atoms with van der Waals surface area (Å²) in [6.45, 7) is 4.55. The van der Waals surface area contributed by atoms with Crippen molar-refractivity contribution in [2.75, 3.05) is 0 Å². The van der Waals surface area contributed by atoms with Gasteiger partial charge in [0.1, 0.15) is 0 Å². The number of nitrogens with one attached hydrogen (secondary N) is 1. The van der Waals surface area contributed by atoms with Gasteiger partial charge in [0.15, 0.2) is 0 Å². The zero-order valence-electron chi connectivity index (χ0n) is 8.95. The molecule has 0 spiro atoms. The van der Waals surface area contributed by atoms with Crippen molar-refractivity contribution in [2.45, 2.75) is 38.9 Å². The van der Waals surface area contributed by atoms with Gasteiger partial charge in [-0.05, 0) is 20.8 Å². The molecule has 94 valence electrons. The Morgan fingerprint density at radius 1 is 1.19 bits per heavy atom. The lowest BCUT2D eigenvalue weighted by atomic mass is 10.2. The second-order valence-corrected chi connectivity index (χ2v) is 3.56. The van der Waals surface area contributed by atoms with Crippen LogP contribution in [0.3, 0.4) is 0 Å². The van der Waals surface area contributed by atoms with Gasteiger partial charge >= 0.3 is 12.1 Å². The fourth-order valence-electron chi connectivity index (χ4n) is 0.924. The van der Waals surface area contributed by atoms with Gasteiger partial charge in [0.25, 0.3) is 0 Å². The van der Waals surface area contributed by atoms with Crippen molar-refractivity contribution in [1.82, 2.24) is 5.32 Å². The first kappa shape index (κ1) is 14.9. The maximum atomic E-state index is 12.5. The zero-order valence-corrected chi connectivity index (χ0v) is 8.95. The Kier molecular flexibility index (Phi) is 4.45. The molecule has 0 atom stereocenters. The van der Waals surface area contributed by atoms with Gasteiger partial charge in [0.05, 0.1) is 0 Å². The molecule has 7 heteroatoms. The number of allylic oxidation sites excluding steroid dienone is 2. The van der Waals surface area contributed by atoms with Gasteiger partial charge in [0, 0.05) is 17.8 Å². The first-order chi connectivity index (χ1) is 6.98. The van der Waals surface area contributed by atoms with Crippen molar-refractivity contribution in [3.8, 4) is 0 Å². The number of hydrogen-bond donors (Lipinski definition) is 1. The molecule has 0 radical (unpaired) electrons. The van der Waals surface area contributed by atoms with Crippen molar-refractivity contribution in [3.05, 3.63) is 11.8 Å². The summed E-state index contributed by atoms with van der Waals surface area (Å²) < 4.78 is 60.3. The smallest absolute Gasteiger partial charge is 0.386 e. The lowest BCUT2D eigenvalue weighted by molar-refractivity contribution is -0.266. The van der Waals surface area contributed by atoms with Crippen LogP contribution in [0.4, 0.5) is 22.0 Å². The number of ketones is 1. The number of rotatable bonds is 4. The summed E-state index contributed by atoms with van der Waals surface area (Å²) in [5.41, 5.74) is -0.0380. The summed E-state index contributed by atoms with van der Waals surface area (Å²) in [6, 6.07) is -0.163. The molecule has 2 nitrogen and oxygen atoms in total. The van der Waals surface area contributed by atoms with Crippen LogP contribution in [0.5, 0.6) is 0 Å². The minimum atomic E-state index is -5.86. The molecule has 1 N–H and O–H groups in total. The molecule has 0 aliphatic carbocycles. The fourth-order valence-corrected chi connectivity index (χ4v) is 0.924. The number of carbonyl (C=O) groups is 1. The van der Waals surface area contributed by atoms with Gasteiger partial charge in [-0.2, -0.15) is 22.0 Å². The zero-order chi connectivity index (χ0) is 13.1. The quantitative estimate of drug-likeness (QED) is 0.609. The second kappa shape index (κ2) is 4.80. The molecule has 0 aromatic carbocycles. The monoisotopic (exact) mass is 245 g/mol. The molecule has 0 aromatic heterocycles. The lowest BCUT2D eigenvalue weighted by Gasteiger charge is -2.17. The van der Waals surface area contributed by atoms with Gasteiger partial charge in [-0.15, -0.1) is 0 Å². The second-order valence-electron chi connectivity index (χ2n) is 3.56. The molecule has 0 amide bonds. The van der Waals surface area contributed by atoms with E-state index in [-0.39, 0.29) is 17.8 Å². The summed E-state index contributed by atoms with van der Waals surface area (Å²) in [7, 11) is 0. The SMILES string of the molecule is C/C(=C\C(=O)C(F)(F)C(F)(F)F)NC(C)C. The third kappa shape index (κ3) is 3.79. The Morgan fingerprint density at radius 3 is 1.94 bits per heavy atom. The minimum absolute atomic E-state index is 0.0380. The largest absolute Gasteiger partial charge is 0.461 e. The first-order valence-electron chi connectivity index (χ1n) is 4.42. The highest BCUT2D eigenvalue weighted by molar-refractivity contribution is 5.96. The molecule has 0 saturated heterocycles. The van der Waals surface area contributed by atoms with E-state index in [9.17, 15) is 26.7 Å². The Bertz CT molecular complexity index is 293. The third-order valence-corrected chi connectivity index (χ3v) is 1.53. The molecule has 16 heavy (non-hydrogen) atoms. The molecular weight excluding hydrogens is 233 g/mol. The van der Waals surface area contributed by atoms with Gasteiger partial charge in [-0.25, -0.2) is 0 Å². The Balaban J connectivity index is 4.83. The highest BCUT2D eigenvalue weighted by atomic mass is 19.4. The van der Waals surface area contributed by atoms with Gasteiger partial charge in [-0.1, -0.05) is 0 Å². The van der Waals surface area contributed by atoms with Crippen LogP contribution in [0.2, 0.25) is 0 Å². The lowest BCUT2D eigenvalue weighted by Crippen LogP contribution is -2.43. The van der Waals surface area contributed by atoms with Gasteiger partial charge < -0.3 is 5.32 Å². The molecule has 0 aromatic rings. The van der Waals surface area contributed by atoms with E-state index in [1.54, 1.807) is 13.8 Å². The fraction of sp³-hybridized carbons (Fsp3) is 0.667. The number of carbonyl (C=O) groups excluding carboxylic acids is 1. The average molecular weight is 245 g/mol. The summed E-state index contributed by atoms with van der Waals surface area (Å²) in [5, 5.41) is 2.54. The van der Waals surface area contributed by atoms with Crippen molar-refractivity contribution >= 4 is 5.78 Å². The molecule has 0 aliphatic heterocycles. The van der Waals surface area contributed by atoms with Crippen LogP contribution in [0.1, 0.15) is 20.8 Å². The van der Waals surface area contributed by atoms with Crippen LogP contribution in [-0.4, -0.2) is 23.9 Å². The van der Waals surface area contributed by atoms with E-state index in [2.05, 4.69) is 5.32 Å². The van der Waals surface area contributed by atoms with Crippen LogP contribution in [0.15, 0.2) is 11.8 Å². The van der Waals surface area contributed by atoms with Crippen LogP contribution in [0.25, 0.3) is 0 Å². The van der Waals surface area contributed by atoms with Crippen LogP contribution >= 0.6 is 0 Å². The molecule has 0 aliphatic rings. The summed E-state index contributed by atoms with van der Waals surface area (Å²) in [4.78, 5) is 10.7.